The van der Waals surface area contributed by atoms with Crippen molar-refractivity contribution in [3.05, 3.63) is 46.6 Å². The van der Waals surface area contributed by atoms with Crippen LogP contribution in [-0.4, -0.2) is 16.1 Å². The molecule has 3 rings (SSSR count). The van der Waals surface area contributed by atoms with Crippen LogP contribution < -0.4 is 0 Å². The van der Waals surface area contributed by atoms with Gasteiger partial charge in [-0.15, -0.1) is 11.3 Å². The summed E-state index contributed by atoms with van der Waals surface area (Å²) in [4.78, 5) is 14.3. The number of benzene rings is 1. The van der Waals surface area contributed by atoms with Crippen LogP contribution in [0.25, 0.3) is 21.5 Å². The number of rotatable bonds is 3. The number of aromatic amines is 1. The van der Waals surface area contributed by atoms with E-state index >= 15 is 0 Å². The Kier molecular flexibility index (Phi) is 3.21. The number of carbonyl (C=O) groups is 1. The van der Waals surface area contributed by atoms with Crippen molar-refractivity contribution >= 4 is 28.2 Å². The fraction of sp³-hybridized carbons (Fsp3) is 0.0714. The van der Waals surface area contributed by atoms with Gasteiger partial charge in [0.05, 0.1) is 22.5 Å². The molecule has 0 bridgehead atoms. The van der Waals surface area contributed by atoms with Crippen LogP contribution in [0.15, 0.2) is 23.6 Å². The molecule has 21 heavy (non-hydrogen) atoms. The third-order valence-electron chi connectivity index (χ3n) is 3.12. The number of fused-ring (bicyclic) bond motifs is 1. The fourth-order valence-electron chi connectivity index (χ4n) is 2.29. The molecule has 0 aliphatic heterocycles. The number of halogens is 3. The van der Waals surface area contributed by atoms with Crippen molar-refractivity contribution in [3.63, 3.8) is 0 Å². The zero-order valence-corrected chi connectivity index (χ0v) is 11.2. The van der Waals surface area contributed by atoms with Gasteiger partial charge in [0.1, 0.15) is 5.82 Å². The molecule has 0 amide bonds. The molecule has 0 saturated heterocycles. The molecule has 0 atom stereocenters. The standard InChI is InChI=1S/C14H8F3NO2S/c15-7-5-8(16)14-11(12(7)17)6(4-10(19)20)13(18-14)9-2-1-3-21-9/h1-3,5,18H,4H2,(H,19,20). The smallest absolute Gasteiger partial charge is 0.307 e. The number of carboxylic acids is 1. The highest BCUT2D eigenvalue weighted by Crippen LogP contribution is 2.36. The third-order valence-corrected chi connectivity index (χ3v) is 4.01. The van der Waals surface area contributed by atoms with Gasteiger partial charge in [-0.05, 0) is 11.4 Å². The number of carboxylic acid groups (broad SMARTS) is 1. The van der Waals surface area contributed by atoms with Gasteiger partial charge >= 0.3 is 5.97 Å². The summed E-state index contributed by atoms with van der Waals surface area (Å²) in [5, 5.41) is 10.4. The molecule has 2 aromatic heterocycles. The normalized spacial score (nSPS) is 11.2. The monoisotopic (exact) mass is 311 g/mol. The van der Waals surface area contributed by atoms with Gasteiger partial charge < -0.3 is 10.1 Å². The van der Waals surface area contributed by atoms with Gasteiger partial charge in [-0.3, -0.25) is 4.79 Å². The van der Waals surface area contributed by atoms with Crippen molar-refractivity contribution in [1.29, 1.82) is 0 Å². The van der Waals surface area contributed by atoms with Crippen molar-refractivity contribution in [1.82, 2.24) is 4.98 Å². The van der Waals surface area contributed by atoms with Crippen molar-refractivity contribution in [2.24, 2.45) is 0 Å². The minimum absolute atomic E-state index is 0.0378. The molecule has 0 saturated carbocycles. The van der Waals surface area contributed by atoms with E-state index in [1.165, 1.54) is 11.3 Å². The van der Waals surface area contributed by atoms with E-state index in [-0.39, 0.29) is 16.5 Å². The molecule has 0 aliphatic carbocycles. The Labute approximate surface area is 120 Å². The van der Waals surface area contributed by atoms with E-state index in [9.17, 15) is 18.0 Å². The molecule has 0 unspecified atom stereocenters. The Hall–Kier alpha value is -2.28. The summed E-state index contributed by atoms with van der Waals surface area (Å²) in [6, 6.07) is 3.85. The highest BCUT2D eigenvalue weighted by molar-refractivity contribution is 7.13. The lowest BCUT2D eigenvalue weighted by Gasteiger charge is -2.01. The maximum Gasteiger partial charge on any atom is 0.307 e. The summed E-state index contributed by atoms with van der Waals surface area (Å²) in [6.07, 6.45) is -0.535. The van der Waals surface area contributed by atoms with Gasteiger partial charge in [-0.2, -0.15) is 0 Å². The van der Waals surface area contributed by atoms with E-state index in [0.29, 0.717) is 16.6 Å². The van der Waals surface area contributed by atoms with Crippen molar-refractivity contribution in [3.8, 4) is 10.6 Å². The van der Waals surface area contributed by atoms with Gasteiger partial charge in [0.25, 0.3) is 0 Å². The first-order valence-electron chi connectivity index (χ1n) is 5.92. The first-order valence-corrected chi connectivity index (χ1v) is 6.80. The number of aromatic nitrogens is 1. The van der Waals surface area contributed by atoms with Gasteiger partial charge in [0.2, 0.25) is 0 Å². The predicted molar refractivity (Wildman–Crippen MR) is 72.8 cm³/mol. The van der Waals surface area contributed by atoms with E-state index in [4.69, 9.17) is 5.11 Å². The molecule has 0 fully saturated rings. The number of aliphatic carboxylic acids is 1. The molecule has 0 spiro atoms. The van der Waals surface area contributed by atoms with Crippen LogP contribution >= 0.6 is 11.3 Å². The molecule has 7 heteroatoms. The van der Waals surface area contributed by atoms with Crippen molar-refractivity contribution in [2.75, 3.05) is 0 Å². The number of thiophene rings is 1. The molecular formula is C14H8F3NO2S. The topological polar surface area (TPSA) is 53.1 Å². The minimum Gasteiger partial charge on any atom is -0.481 e. The zero-order valence-electron chi connectivity index (χ0n) is 10.4. The summed E-state index contributed by atoms with van der Waals surface area (Å²) >= 11 is 1.29. The summed E-state index contributed by atoms with van der Waals surface area (Å²) in [7, 11) is 0. The van der Waals surface area contributed by atoms with Crippen LogP contribution in [0.3, 0.4) is 0 Å². The predicted octanol–water partition coefficient (Wildman–Crippen LogP) is 3.94. The minimum atomic E-state index is -1.34. The Bertz CT molecular complexity index is 840. The molecule has 3 aromatic rings. The van der Waals surface area contributed by atoms with E-state index in [1.807, 2.05) is 0 Å². The quantitative estimate of drug-likeness (QED) is 0.720. The molecule has 0 aliphatic rings. The van der Waals surface area contributed by atoms with Gasteiger partial charge in [-0.25, -0.2) is 13.2 Å². The van der Waals surface area contributed by atoms with E-state index in [2.05, 4.69) is 4.98 Å². The zero-order chi connectivity index (χ0) is 15.1. The highest BCUT2D eigenvalue weighted by Gasteiger charge is 2.23. The van der Waals surface area contributed by atoms with Crippen LogP contribution in [0.4, 0.5) is 13.2 Å². The van der Waals surface area contributed by atoms with E-state index in [1.54, 1.807) is 17.5 Å². The summed E-state index contributed by atoms with van der Waals surface area (Å²) in [6.45, 7) is 0. The highest BCUT2D eigenvalue weighted by atomic mass is 32.1. The lowest BCUT2D eigenvalue weighted by molar-refractivity contribution is -0.136. The Morgan fingerprint density at radius 2 is 2.05 bits per heavy atom. The van der Waals surface area contributed by atoms with Gasteiger partial charge in [0, 0.05) is 17.0 Å². The number of H-pyrrole nitrogens is 1. The maximum atomic E-state index is 14.0. The SMILES string of the molecule is O=C(O)Cc1c(-c2cccs2)[nH]c2c(F)cc(F)c(F)c12. The molecule has 2 N–H and O–H groups in total. The average molecular weight is 311 g/mol. The Balaban J connectivity index is 2.40. The average Bonchev–Trinajstić information content (AvgIpc) is 3.03. The van der Waals surface area contributed by atoms with Gasteiger partial charge in [-0.1, -0.05) is 6.07 Å². The lowest BCUT2D eigenvalue weighted by Crippen LogP contribution is -2.01. The van der Waals surface area contributed by atoms with Crippen LogP contribution in [0.1, 0.15) is 5.56 Å². The molecular weight excluding hydrogens is 303 g/mol. The number of nitrogens with one attached hydrogen (secondary N) is 1. The lowest BCUT2D eigenvalue weighted by atomic mass is 10.1. The Morgan fingerprint density at radius 3 is 2.67 bits per heavy atom. The first kappa shape index (κ1) is 13.7. The third kappa shape index (κ3) is 2.19. The first-order chi connectivity index (χ1) is 9.99. The second kappa shape index (κ2) is 4.92. The summed E-state index contributed by atoms with van der Waals surface area (Å²) in [5.74, 6) is -4.76. The molecule has 108 valence electrons. The van der Waals surface area contributed by atoms with Crippen LogP contribution in [0, 0.1) is 17.5 Å². The van der Waals surface area contributed by atoms with Crippen molar-refractivity contribution < 1.29 is 23.1 Å². The molecule has 1 aromatic carbocycles. The van der Waals surface area contributed by atoms with Crippen LogP contribution in [-0.2, 0) is 11.2 Å². The molecule has 2 heterocycles. The second-order valence-corrected chi connectivity index (χ2v) is 5.38. The number of hydrogen-bond acceptors (Lipinski definition) is 2. The fourth-order valence-corrected chi connectivity index (χ4v) is 3.04. The summed E-state index contributed by atoms with van der Waals surface area (Å²) in [5.41, 5.74) is 0.107. The number of hydrogen-bond donors (Lipinski definition) is 2. The second-order valence-electron chi connectivity index (χ2n) is 4.43. The maximum absolute atomic E-state index is 14.0. The van der Waals surface area contributed by atoms with E-state index in [0.717, 1.165) is 0 Å². The molecule has 0 radical (unpaired) electrons. The molecule has 3 nitrogen and oxygen atoms in total. The largest absolute Gasteiger partial charge is 0.481 e. The Morgan fingerprint density at radius 1 is 1.29 bits per heavy atom. The van der Waals surface area contributed by atoms with Gasteiger partial charge in [0.15, 0.2) is 11.6 Å². The van der Waals surface area contributed by atoms with Crippen molar-refractivity contribution in [2.45, 2.75) is 6.42 Å². The van der Waals surface area contributed by atoms with E-state index < -0.39 is 29.8 Å². The summed E-state index contributed by atoms with van der Waals surface area (Å²) < 4.78 is 41.2. The van der Waals surface area contributed by atoms with Crippen LogP contribution in [0.5, 0.6) is 0 Å². The van der Waals surface area contributed by atoms with Crippen LogP contribution in [0.2, 0.25) is 0 Å².